The van der Waals surface area contributed by atoms with Crippen LogP contribution in [0.4, 0.5) is 16.0 Å². The lowest BCUT2D eigenvalue weighted by molar-refractivity contribution is 0.619. The van der Waals surface area contributed by atoms with E-state index in [-0.39, 0.29) is 5.82 Å². The molecule has 7 heteroatoms. The van der Waals surface area contributed by atoms with E-state index in [1.165, 1.54) is 12.1 Å². The molecule has 0 unspecified atom stereocenters. The fourth-order valence-corrected chi connectivity index (χ4v) is 3.04. The quantitative estimate of drug-likeness (QED) is 0.516. The van der Waals surface area contributed by atoms with Crippen molar-refractivity contribution < 1.29 is 4.39 Å². The molecule has 0 aliphatic carbocycles. The molecular formula is C20H16FN5S. The first kappa shape index (κ1) is 17.1. The molecule has 0 radical (unpaired) electrons. The maximum atomic E-state index is 13.3. The number of halogens is 1. The van der Waals surface area contributed by atoms with Crippen molar-refractivity contribution >= 4 is 39.7 Å². The number of hydrogen-bond acceptors (Lipinski definition) is 3. The van der Waals surface area contributed by atoms with Crippen molar-refractivity contribution in [2.75, 3.05) is 10.6 Å². The van der Waals surface area contributed by atoms with E-state index in [0.717, 1.165) is 22.0 Å². The summed E-state index contributed by atoms with van der Waals surface area (Å²) in [6.45, 7) is 0.427. The molecule has 4 rings (SSSR count). The molecule has 0 aliphatic rings. The number of fused-ring (bicyclic) bond motifs is 1. The first-order valence-corrected chi connectivity index (χ1v) is 8.78. The van der Waals surface area contributed by atoms with Crippen LogP contribution in [-0.2, 0) is 6.54 Å². The summed E-state index contributed by atoms with van der Waals surface area (Å²) in [7, 11) is 0. The number of rotatable bonds is 4. The van der Waals surface area contributed by atoms with Gasteiger partial charge >= 0.3 is 0 Å². The minimum absolute atomic E-state index is 0.272. The minimum Gasteiger partial charge on any atom is -0.332 e. The molecule has 0 fully saturated rings. The lowest BCUT2D eigenvalue weighted by Crippen LogP contribution is -2.20. The summed E-state index contributed by atoms with van der Waals surface area (Å²) in [5, 5.41) is 13.1. The van der Waals surface area contributed by atoms with Gasteiger partial charge in [0.05, 0.1) is 6.54 Å². The second-order valence-corrected chi connectivity index (χ2v) is 6.41. The molecule has 0 atom stereocenters. The lowest BCUT2D eigenvalue weighted by atomic mass is 10.1. The highest BCUT2D eigenvalue weighted by Gasteiger charge is 2.06. The molecule has 0 amide bonds. The largest absolute Gasteiger partial charge is 0.332 e. The number of nitrogens with zero attached hydrogens (tertiary/aromatic N) is 3. The minimum atomic E-state index is -0.272. The Labute approximate surface area is 160 Å². The Balaban J connectivity index is 1.43. The van der Waals surface area contributed by atoms with Gasteiger partial charge in [0.2, 0.25) is 5.95 Å². The fraction of sp³-hybridized carbons (Fsp3) is 0.0500. The molecule has 3 aromatic carbocycles. The van der Waals surface area contributed by atoms with Crippen molar-refractivity contribution in [3.63, 3.8) is 0 Å². The van der Waals surface area contributed by atoms with Gasteiger partial charge in [0, 0.05) is 11.1 Å². The average Bonchev–Trinajstić information content (AvgIpc) is 3.08. The van der Waals surface area contributed by atoms with Gasteiger partial charge in [-0.1, -0.05) is 48.5 Å². The van der Waals surface area contributed by atoms with Crippen LogP contribution in [0.5, 0.6) is 0 Å². The molecule has 0 saturated heterocycles. The Morgan fingerprint density at radius 2 is 1.81 bits per heavy atom. The maximum Gasteiger partial charge on any atom is 0.248 e. The number of aromatic nitrogens is 3. The van der Waals surface area contributed by atoms with E-state index in [1.54, 1.807) is 17.1 Å². The molecule has 0 aliphatic heterocycles. The number of nitrogens with one attached hydrogen (secondary N) is 2. The molecule has 2 N–H and O–H groups in total. The van der Waals surface area contributed by atoms with Crippen LogP contribution in [0.25, 0.3) is 10.8 Å². The topological polar surface area (TPSA) is 54.8 Å². The van der Waals surface area contributed by atoms with E-state index >= 15 is 0 Å². The van der Waals surface area contributed by atoms with Gasteiger partial charge in [-0.05, 0) is 41.4 Å². The standard InChI is InChI=1S/C20H16FN5S/c21-16-8-3-5-14(11-16)12-26-13-22-19(25-26)24-20(27)23-18-10-4-7-15-6-1-2-9-17(15)18/h1-11,13H,12H2,(H2,23,24,25,27). The van der Waals surface area contributed by atoms with Gasteiger partial charge in [0.25, 0.3) is 0 Å². The smallest absolute Gasteiger partial charge is 0.248 e. The van der Waals surface area contributed by atoms with E-state index in [0.29, 0.717) is 17.6 Å². The third kappa shape index (κ3) is 4.09. The normalized spacial score (nSPS) is 10.7. The van der Waals surface area contributed by atoms with Crippen LogP contribution in [0.2, 0.25) is 0 Å². The zero-order chi connectivity index (χ0) is 18.6. The van der Waals surface area contributed by atoms with Crippen LogP contribution in [0, 0.1) is 5.82 Å². The zero-order valence-corrected chi connectivity index (χ0v) is 15.1. The summed E-state index contributed by atoms with van der Waals surface area (Å²) >= 11 is 5.38. The van der Waals surface area contributed by atoms with Gasteiger partial charge in [-0.3, -0.25) is 5.32 Å². The van der Waals surface area contributed by atoms with Gasteiger partial charge < -0.3 is 5.32 Å². The third-order valence-corrected chi connectivity index (χ3v) is 4.24. The summed E-state index contributed by atoms with van der Waals surface area (Å²) in [6, 6.07) is 20.4. The molecule has 0 bridgehead atoms. The third-order valence-electron chi connectivity index (χ3n) is 4.03. The van der Waals surface area contributed by atoms with Gasteiger partial charge in [0.15, 0.2) is 5.11 Å². The fourth-order valence-electron chi connectivity index (χ4n) is 2.84. The van der Waals surface area contributed by atoms with Crippen LogP contribution in [0.15, 0.2) is 73.1 Å². The van der Waals surface area contributed by atoms with Crippen LogP contribution < -0.4 is 10.6 Å². The van der Waals surface area contributed by atoms with Crippen molar-refractivity contribution in [1.82, 2.24) is 14.8 Å². The van der Waals surface area contributed by atoms with Crippen molar-refractivity contribution in [3.8, 4) is 0 Å². The summed E-state index contributed by atoms with van der Waals surface area (Å²) in [5.74, 6) is 0.107. The molecule has 1 heterocycles. The highest BCUT2D eigenvalue weighted by atomic mass is 32.1. The number of hydrogen-bond donors (Lipinski definition) is 2. The Hall–Kier alpha value is -3.32. The van der Waals surface area contributed by atoms with Crippen molar-refractivity contribution in [3.05, 3.63) is 84.4 Å². The van der Waals surface area contributed by atoms with E-state index in [1.807, 2.05) is 48.5 Å². The highest BCUT2D eigenvalue weighted by Crippen LogP contribution is 2.23. The molecule has 1 aromatic heterocycles. The van der Waals surface area contributed by atoms with E-state index in [9.17, 15) is 4.39 Å². The second-order valence-electron chi connectivity index (χ2n) is 6.00. The van der Waals surface area contributed by atoms with Gasteiger partial charge in [-0.25, -0.2) is 14.1 Å². The zero-order valence-electron chi connectivity index (χ0n) is 14.3. The number of anilines is 2. The predicted molar refractivity (Wildman–Crippen MR) is 109 cm³/mol. The molecular weight excluding hydrogens is 361 g/mol. The highest BCUT2D eigenvalue weighted by molar-refractivity contribution is 7.80. The monoisotopic (exact) mass is 377 g/mol. The molecule has 0 saturated carbocycles. The SMILES string of the molecule is Fc1cccc(Cn2cnc(NC(=S)Nc3cccc4ccccc34)n2)c1. The summed E-state index contributed by atoms with van der Waals surface area (Å²) in [6.07, 6.45) is 1.58. The van der Waals surface area contributed by atoms with Gasteiger partial charge in [-0.15, -0.1) is 5.10 Å². The molecule has 0 spiro atoms. The van der Waals surface area contributed by atoms with Gasteiger partial charge in [0.1, 0.15) is 12.1 Å². The average molecular weight is 377 g/mol. The first-order valence-electron chi connectivity index (χ1n) is 8.37. The maximum absolute atomic E-state index is 13.3. The van der Waals surface area contributed by atoms with Crippen molar-refractivity contribution in [1.29, 1.82) is 0 Å². The molecule has 134 valence electrons. The Morgan fingerprint density at radius 1 is 1.00 bits per heavy atom. The van der Waals surface area contributed by atoms with E-state index in [2.05, 4.69) is 20.7 Å². The van der Waals surface area contributed by atoms with Gasteiger partial charge in [-0.2, -0.15) is 0 Å². The Morgan fingerprint density at radius 3 is 2.70 bits per heavy atom. The van der Waals surface area contributed by atoms with E-state index in [4.69, 9.17) is 12.2 Å². The van der Waals surface area contributed by atoms with Crippen molar-refractivity contribution in [2.45, 2.75) is 6.54 Å². The number of thiocarbonyl (C=S) groups is 1. The molecule has 5 nitrogen and oxygen atoms in total. The molecule has 27 heavy (non-hydrogen) atoms. The molecule has 4 aromatic rings. The predicted octanol–water partition coefficient (Wildman–Crippen LogP) is 4.43. The summed E-state index contributed by atoms with van der Waals surface area (Å²) < 4.78 is 14.9. The van der Waals surface area contributed by atoms with Crippen molar-refractivity contribution in [2.24, 2.45) is 0 Å². The number of benzene rings is 3. The lowest BCUT2D eigenvalue weighted by Gasteiger charge is -2.10. The Kier molecular flexibility index (Phi) is 4.76. The van der Waals surface area contributed by atoms with Crippen LogP contribution in [0.1, 0.15) is 5.56 Å². The first-order chi connectivity index (χ1) is 13.2. The second kappa shape index (κ2) is 7.51. The van der Waals surface area contributed by atoms with E-state index < -0.39 is 0 Å². The Bertz CT molecular complexity index is 1100. The van der Waals surface area contributed by atoms with Crippen LogP contribution >= 0.6 is 12.2 Å². The summed E-state index contributed by atoms with van der Waals surface area (Å²) in [4.78, 5) is 4.20. The summed E-state index contributed by atoms with van der Waals surface area (Å²) in [5.41, 5.74) is 1.72. The van der Waals surface area contributed by atoms with Crippen LogP contribution in [-0.4, -0.2) is 19.9 Å². The van der Waals surface area contributed by atoms with Crippen LogP contribution in [0.3, 0.4) is 0 Å².